The van der Waals surface area contributed by atoms with Crippen LogP contribution in [-0.4, -0.2) is 11.4 Å². The lowest BCUT2D eigenvalue weighted by Gasteiger charge is -2.51. The Kier molecular flexibility index (Phi) is 5.08. The number of para-hydroxylation sites is 1. The van der Waals surface area contributed by atoms with Crippen LogP contribution in [0.4, 0.5) is 5.69 Å². The zero-order valence-corrected chi connectivity index (χ0v) is 19.6. The average Bonchev–Trinajstić information content (AvgIpc) is 2.73. The normalized spacial score (nSPS) is 20.3. The molecule has 3 aromatic rings. The molecule has 2 heteroatoms. The molecule has 0 radical (unpaired) electrons. The summed E-state index contributed by atoms with van der Waals surface area (Å²) in [6.07, 6.45) is 0.854. The summed E-state index contributed by atoms with van der Waals surface area (Å²) in [5.74, 6) is 0.0630. The Labute approximate surface area is 186 Å². The summed E-state index contributed by atoms with van der Waals surface area (Å²) in [4.78, 5) is 15.8. The number of fused-ring (bicyclic) bond motifs is 1. The Morgan fingerprint density at radius 2 is 1.39 bits per heavy atom. The third-order valence-corrected chi connectivity index (χ3v) is 6.74. The van der Waals surface area contributed by atoms with Gasteiger partial charge < -0.3 is 4.90 Å². The third-order valence-electron chi connectivity index (χ3n) is 6.74. The summed E-state index contributed by atoms with van der Waals surface area (Å²) in [5.41, 5.74) is 5.05. The monoisotopic (exact) mass is 411 g/mol. The molecule has 0 saturated carbocycles. The minimum atomic E-state index is -0.335. The van der Waals surface area contributed by atoms with Crippen LogP contribution in [0.15, 0.2) is 78.9 Å². The first-order chi connectivity index (χ1) is 14.5. The van der Waals surface area contributed by atoms with Crippen molar-refractivity contribution in [2.75, 3.05) is 4.90 Å². The van der Waals surface area contributed by atoms with Crippen LogP contribution in [-0.2, 0) is 10.8 Å². The molecular weight excluding hydrogens is 378 g/mol. The lowest BCUT2D eigenvalue weighted by molar-refractivity contribution is 0.0948. The zero-order chi connectivity index (χ0) is 22.4. The number of carbonyl (C=O) groups is 1. The number of anilines is 1. The van der Waals surface area contributed by atoms with Crippen molar-refractivity contribution in [2.24, 2.45) is 0 Å². The highest BCUT2D eigenvalue weighted by Gasteiger charge is 2.47. The first-order valence-electron chi connectivity index (χ1n) is 11.1. The lowest BCUT2D eigenvalue weighted by atomic mass is 9.65. The lowest BCUT2D eigenvalue weighted by Crippen LogP contribution is -2.55. The summed E-state index contributed by atoms with van der Waals surface area (Å²) >= 11 is 0. The van der Waals surface area contributed by atoms with Crippen LogP contribution in [0.1, 0.15) is 75.0 Å². The topological polar surface area (TPSA) is 20.3 Å². The van der Waals surface area contributed by atoms with Gasteiger partial charge in [0, 0.05) is 22.2 Å². The fourth-order valence-corrected chi connectivity index (χ4v) is 5.19. The average molecular weight is 412 g/mol. The second-order valence-electron chi connectivity index (χ2n) is 10.7. The summed E-state index contributed by atoms with van der Waals surface area (Å²) < 4.78 is 0. The van der Waals surface area contributed by atoms with Crippen molar-refractivity contribution in [1.29, 1.82) is 0 Å². The highest BCUT2D eigenvalue weighted by atomic mass is 16.2. The number of amides is 1. The predicted molar refractivity (Wildman–Crippen MR) is 130 cm³/mol. The molecule has 160 valence electrons. The van der Waals surface area contributed by atoms with Gasteiger partial charge in [0.2, 0.25) is 0 Å². The van der Waals surface area contributed by atoms with Gasteiger partial charge >= 0.3 is 0 Å². The molecule has 0 saturated heterocycles. The molecule has 2 nitrogen and oxygen atoms in total. The molecule has 1 amide bonds. The van der Waals surface area contributed by atoms with Crippen LogP contribution >= 0.6 is 0 Å². The van der Waals surface area contributed by atoms with Crippen LogP contribution in [0, 0.1) is 0 Å². The van der Waals surface area contributed by atoms with E-state index in [9.17, 15) is 4.79 Å². The number of hydrogen-bond acceptors (Lipinski definition) is 1. The van der Waals surface area contributed by atoms with Crippen molar-refractivity contribution < 1.29 is 4.79 Å². The zero-order valence-electron chi connectivity index (χ0n) is 19.6. The van der Waals surface area contributed by atoms with Crippen LogP contribution in [0.5, 0.6) is 0 Å². The van der Waals surface area contributed by atoms with Gasteiger partial charge in [-0.05, 0) is 60.6 Å². The van der Waals surface area contributed by atoms with Gasteiger partial charge in [-0.2, -0.15) is 0 Å². The Morgan fingerprint density at radius 3 is 2.00 bits per heavy atom. The second kappa shape index (κ2) is 7.37. The maximum Gasteiger partial charge on any atom is 0.258 e. The van der Waals surface area contributed by atoms with E-state index in [1.54, 1.807) is 0 Å². The quantitative estimate of drug-likeness (QED) is 0.440. The number of hydrogen-bond donors (Lipinski definition) is 0. The van der Waals surface area contributed by atoms with Crippen molar-refractivity contribution in [1.82, 2.24) is 0 Å². The van der Waals surface area contributed by atoms with E-state index in [1.165, 1.54) is 16.7 Å². The van der Waals surface area contributed by atoms with E-state index in [1.807, 2.05) is 23.1 Å². The van der Waals surface area contributed by atoms with Gasteiger partial charge in [-0.3, -0.25) is 4.79 Å². The van der Waals surface area contributed by atoms with Crippen LogP contribution in [0.2, 0.25) is 0 Å². The number of carbonyl (C=O) groups excluding carboxylic acids is 1. The van der Waals surface area contributed by atoms with Gasteiger partial charge in [0.1, 0.15) is 0 Å². The molecule has 0 aliphatic carbocycles. The molecule has 1 aliphatic heterocycles. The minimum absolute atomic E-state index is 0.0630. The van der Waals surface area contributed by atoms with E-state index in [0.717, 1.165) is 17.7 Å². The molecule has 3 aromatic carbocycles. The van der Waals surface area contributed by atoms with E-state index in [4.69, 9.17) is 0 Å². The van der Waals surface area contributed by atoms with Crippen LogP contribution in [0.25, 0.3) is 0 Å². The van der Waals surface area contributed by atoms with Gasteiger partial charge in [-0.1, -0.05) is 88.4 Å². The van der Waals surface area contributed by atoms with Crippen molar-refractivity contribution in [3.8, 4) is 0 Å². The molecule has 0 aromatic heterocycles. The fourth-order valence-electron chi connectivity index (χ4n) is 5.19. The van der Waals surface area contributed by atoms with Gasteiger partial charge in [0.05, 0.1) is 0 Å². The van der Waals surface area contributed by atoms with Gasteiger partial charge in [-0.25, -0.2) is 0 Å². The van der Waals surface area contributed by atoms with Crippen molar-refractivity contribution in [3.05, 3.63) is 101 Å². The van der Waals surface area contributed by atoms with Gasteiger partial charge in [0.15, 0.2) is 0 Å². The Morgan fingerprint density at radius 1 is 0.806 bits per heavy atom. The Hall–Kier alpha value is -2.87. The largest absolute Gasteiger partial charge is 0.302 e. The summed E-state index contributed by atoms with van der Waals surface area (Å²) in [6.45, 7) is 13.3. The highest BCUT2D eigenvalue weighted by Crippen LogP contribution is 2.50. The smallest absolute Gasteiger partial charge is 0.258 e. The number of benzene rings is 3. The molecule has 1 heterocycles. The second-order valence-corrected chi connectivity index (χ2v) is 10.7. The molecule has 1 atom stereocenters. The SMILES string of the molecule is CC(C)(C)c1ccc(C(=O)N2c3ccccc3[C@@](C)(c3ccccc3)CC2(C)C)cc1. The van der Waals surface area contributed by atoms with E-state index >= 15 is 0 Å². The molecule has 4 rings (SSSR count). The van der Waals surface area contributed by atoms with Gasteiger partial charge in [-0.15, -0.1) is 0 Å². The highest BCUT2D eigenvalue weighted by molar-refractivity contribution is 6.08. The molecule has 31 heavy (non-hydrogen) atoms. The number of nitrogens with zero attached hydrogens (tertiary/aromatic N) is 1. The summed E-state index contributed by atoms with van der Waals surface area (Å²) in [7, 11) is 0. The van der Waals surface area contributed by atoms with Crippen molar-refractivity contribution in [2.45, 2.75) is 64.3 Å². The molecule has 0 spiro atoms. The maximum atomic E-state index is 13.8. The van der Waals surface area contributed by atoms with E-state index in [0.29, 0.717) is 0 Å². The van der Waals surface area contributed by atoms with Crippen LogP contribution in [0.3, 0.4) is 0 Å². The fraction of sp³-hybridized carbons (Fsp3) is 0.345. The van der Waals surface area contributed by atoms with E-state index in [2.05, 4.69) is 102 Å². The minimum Gasteiger partial charge on any atom is -0.302 e. The molecular formula is C29H33NO. The molecule has 0 N–H and O–H groups in total. The molecule has 1 aliphatic rings. The molecule has 0 unspecified atom stereocenters. The first-order valence-corrected chi connectivity index (χ1v) is 11.1. The van der Waals surface area contributed by atoms with Crippen molar-refractivity contribution >= 4 is 11.6 Å². The maximum absolute atomic E-state index is 13.8. The van der Waals surface area contributed by atoms with E-state index < -0.39 is 0 Å². The van der Waals surface area contributed by atoms with Crippen molar-refractivity contribution in [3.63, 3.8) is 0 Å². The van der Waals surface area contributed by atoms with E-state index in [-0.39, 0.29) is 22.3 Å². The molecule has 0 fully saturated rings. The van der Waals surface area contributed by atoms with Gasteiger partial charge in [0.25, 0.3) is 5.91 Å². The number of rotatable bonds is 2. The molecule has 0 bridgehead atoms. The third kappa shape index (κ3) is 3.69. The first kappa shape index (κ1) is 21.4. The predicted octanol–water partition coefficient (Wildman–Crippen LogP) is 7.12. The summed E-state index contributed by atoms with van der Waals surface area (Å²) in [6, 6.07) is 27.2. The standard InChI is InChI=1S/C29H33NO/c1-27(2,3)22-18-16-21(17-19-22)26(31)30-25-15-11-10-14-24(25)29(6,20-28(30,4)5)23-12-8-7-9-13-23/h7-19H,20H2,1-6H3/t29-/m1/s1. The summed E-state index contributed by atoms with van der Waals surface area (Å²) in [5, 5.41) is 0. The Bertz CT molecular complexity index is 1090. The van der Waals surface area contributed by atoms with Crippen LogP contribution < -0.4 is 4.90 Å². The Balaban J connectivity index is 1.81.